The molecular weight excluding hydrogens is 200 g/mol. The van der Waals surface area contributed by atoms with E-state index in [2.05, 4.69) is 16.6 Å². The average Bonchev–Trinajstić information content (AvgIpc) is 2.14. The molecule has 0 aromatic carbocycles. The summed E-state index contributed by atoms with van der Waals surface area (Å²) in [4.78, 5) is 32.3. The molecule has 0 rings (SSSR count). The number of rotatable bonds is 6. The van der Waals surface area contributed by atoms with Crippen LogP contribution in [0, 0.1) is 0 Å². The summed E-state index contributed by atoms with van der Waals surface area (Å²) in [6, 6.07) is -0.814. The minimum atomic E-state index is -0.814. The molecular formula is C9H14N2O4. The molecule has 1 atom stereocenters. The van der Waals surface area contributed by atoms with Crippen LogP contribution in [0.15, 0.2) is 12.7 Å². The van der Waals surface area contributed by atoms with Gasteiger partial charge in [0.1, 0.15) is 6.04 Å². The maximum Gasteiger partial charge on any atom is 0.303 e. The van der Waals surface area contributed by atoms with Crippen molar-refractivity contribution in [1.29, 1.82) is 0 Å². The van der Waals surface area contributed by atoms with E-state index in [1.807, 2.05) is 0 Å². The molecule has 0 saturated carbocycles. The highest BCUT2D eigenvalue weighted by Crippen LogP contribution is 1.92. The van der Waals surface area contributed by atoms with Crippen LogP contribution in [0.5, 0.6) is 0 Å². The zero-order chi connectivity index (χ0) is 11.8. The number of carbonyl (C=O) groups is 3. The maximum absolute atomic E-state index is 11.1. The molecule has 0 aliphatic rings. The molecule has 0 fully saturated rings. The predicted octanol–water partition coefficient (Wildman–Crippen LogP) is -0.904. The summed E-state index contributed by atoms with van der Waals surface area (Å²) < 4.78 is 4.43. The van der Waals surface area contributed by atoms with Crippen LogP contribution < -0.4 is 11.1 Å². The van der Waals surface area contributed by atoms with Crippen molar-refractivity contribution in [2.24, 2.45) is 5.73 Å². The van der Waals surface area contributed by atoms with E-state index in [1.165, 1.54) is 13.0 Å². The van der Waals surface area contributed by atoms with Gasteiger partial charge in [0, 0.05) is 6.92 Å². The van der Waals surface area contributed by atoms with Crippen molar-refractivity contribution in [2.45, 2.75) is 19.4 Å². The van der Waals surface area contributed by atoms with Gasteiger partial charge in [-0.25, -0.2) is 0 Å². The van der Waals surface area contributed by atoms with E-state index in [4.69, 9.17) is 5.73 Å². The number of nitrogens with one attached hydrogen (secondary N) is 1. The smallest absolute Gasteiger partial charge is 0.303 e. The minimum absolute atomic E-state index is 0.237. The Hall–Kier alpha value is -1.85. The third-order valence-electron chi connectivity index (χ3n) is 1.49. The van der Waals surface area contributed by atoms with Gasteiger partial charge in [-0.05, 0) is 6.42 Å². The number of carbonyl (C=O) groups excluding carboxylic acids is 3. The highest BCUT2D eigenvalue weighted by atomic mass is 16.5. The molecule has 0 aliphatic carbocycles. The maximum atomic E-state index is 11.1. The van der Waals surface area contributed by atoms with Gasteiger partial charge in [-0.2, -0.15) is 0 Å². The molecule has 15 heavy (non-hydrogen) atoms. The number of amides is 2. The molecule has 3 N–H and O–H groups in total. The minimum Gasteiger partial charge on any atom is -0.456 e. The number of hydrogen-bond donors (Lipinski definition) is 2. The molecule has 0 bridgehead atoms. The molecule has 6 heteroatoms. The van der Waals surface area contributed by atoms with E-state index >= 15 is 0 Å². The molecule has 0 aromatic heterocycles. The van der Waals surface area contributed by atoms with Gasteiger partial charge in [-0.15, -0.1) is 6.58 Å². The largest absolute Gasteiger partial charge is 0.456 e. The standard InChI is InChI=1S/C9H14N2O4/c1-3-4-7(9(10)14)11-8(13)5-15-6(2)12/h3,7H,1,4-5H2,2H3,(H2,10,14)(H,11,13)/t7-/m1/s1. The lowest BCUT2D eigenvalue weighted by Crippen LogP contribution is -2.45. The highest BCUT2D eigenvalue weighted by Gasteiger charge is 2.16. The van der Waals surface area contributed by atoms with Crippen molar-refractivity contribution in [2.75, 3.05) is 6.61 Å². The number of nitrogens with two attached hydrogens (primary N) is 1. The molecule has 0 unspecified atom stereocenters. The second-order valence-corrected chi connectivity index (χ2v) is 2.83. The molecule has 84 valence electrons. The van der Waals surface area contributed by atoms with Gasteiger partial charge in [-0.3, -0.25) is 14.4 Å². The van der Waals surface area contributed by atoms with Crippen molar-refractivity contribution < 1.29 is 19.1 Å². The lowest BCUT2D eigenvalue weighted by Gasteiger charge is -2.12. The van der Waals surface area contributed by atoms with E-state index in [0.717, 1.165) is 0 Å². The van der Waals surface area contributed by atoms with Crippen LogP contribution in [-0.4, -0.2) is 30.4 Å². The van der Waals surface area contributed by atoms with Crippen LogP contribution in [0.25, 0.3) is 0 Å². The Morgan fingerprint density at radius 2 is 2.13 bits per heavy atom. The van der Waals surface area contributed by atoms with Gasteiger partial charge < -0.3 is 15.8 Å². The van der Waals surface area contributed by atoms with Crippen LogP contribution >= 0.6 is 0 Å². The monoisotopic (exact) mass is 214 g/mol. The Balaban J connectivity index is 4.05. The van der Waals surface area contributed by atoms with Gasteiger partial charge in [0.15, 0.2) is 6.61 Å². The van der Waals surface area contributed by atoms with E-state index in [0.29, 0.717) is 0 Å². The van der Waals surface area contributed by atoms with E-state index in [9.17, 15) is 14.4 Å². The number of hydrogen-bond acceptors (Lipinski definition) is 4. The fourth-order valence-corrected chi connectivity index (χ4v) is 0.816. The number of ether oxygens (including phenoxy) is 1. The summed E-state index contributed by atoms with van der Waals surface area (Å²) in [6.07, 6.45) is 1.70. The van der Waals surface area contributed by atoms with E-state index in [-0.39, 0.29) is 6.42 Å². The van der Waals surface area contributed by atoms with Crippen LogP contribution in [0.3, 0.4) is 0 Å². The van der Waals surface area contributed by atoms with Gasteiger partial charge in [0.05, 0.1) is 0 Å². The third kappa shape index (κ3) is 6.25. The highest BCUT2D eigenvalue weighted by molar-refractivity contribution is 5.87. The molecule has 0 radical (unpaired) electrons. The second kappa shape index (κ2) is 6.58. The fourth-order valence-electron chi connectivity index (χ4n) is 0.816. The molecule has 2 amide bonds. The summed E-state index contributed by atoms with van der Waals surface area (Å²) in [6.45, 7) is 4.18. The first-order valence-corrected chi connectivity index (χ1v) is 4.30. The normalized spacial score (nSPS) is 11.3. The van der Waals surface area contributed by atoms with Crippen LogP contribution in [0.4, 0.5) is 0 Å². The third-order valence-corrected chi connectivity index (χ3v) is 1.49. The van der Waals surface area contributed by atoms with Crippen LogP contribution in [-0.2, 0) is 19.1 Å². The lowest BCUT2D eigenvalue weighted by atomic mass is 10.2. The first kappa shape index (κ1) is 13.2. The topological polar surface area (TPSA) is 98.5 Å². The van der Waals surface area contributed by atoms with Crippen molar-refractivity contribution in [3.8, 4) is 0 Å². The number of primary amides is 1. The summed E-state index contributed by atoms with van der Waals surface area (Å²) in [5.74, 6) is -1.80. The zero-order valence-corrected chi connectivity index (χ0v) is 8.49. The van der Waals surface area contributed by atoms with Crippen molar-refractivity contribution in [1.82, 2.24) is 5.32 Å². The first-order valence-electron chi connectivity index (χ1n) is 4.30. The molecule has 0 spiro atoms. The molecule has 0 heterocycles. The summed E-state index contributed by atoms with van der Waals surface area (Å²) in [5.41, 5.74) is 5.02. The lowest BCUT2D eigenvalue weighted by molar-refractivity contribution is -0.146. The quantitative estimate of drug-likeness (QED) is 0.442. The Bertz CT molecular complexity index is 275. The second-order valence-electron chi connectivity index (χ2n) is 2.83. The van der Waals surface area contributed by atoms with Crippen molar-refractivity contribution in [3.05, 3.63) is 12.7 Å². The Morgan fingerprint density at radius 3 is 2.53 bits per heavy atom. The molecule has 0 aromatic rings. The van der Waals surface area contributed by atoms with E-state index < -0.39 is 30.4 Å². The average molecular weight is 214 g/mol. The van der Waals surface area contributed by atoms with Crippen molar-refractivity contribution in [3.63, 3.8) is 0 Å². The summed E-state index contributed by atoms with van der Waals surface area (Å²) in [7, 11) is 0. The Kier molecular flexibility index (Phi) is 5.77. The van der Waals surface area contributed by atoms with Crippen LogP contribution in [0.2, 0.25) is 0 Å². The molecule has 0 aliphatic heterocycles. The first-order chi connectivity index (χ1) is 6.97. The fraction of sp³-hybridized carbons (Fsp3) is 0.444. The van der Waals surface area contributed by atoms with Gasteiger partial charge >= 0.3 is 5.97 Å². The van der Waals surface area contributed by atoms with Gasteiger partial charge in [0.2, 0.25) is 5.91 Å². The van der Waals surface area contributed by atoms with E-state index in [1.54, 1.807) is 0 Å². The zero-order valence-electron chi connectivity index (χ0n) is 8.49. The number of esters is 1. The molecule has 0 saturated heterocycles. The Morgan fingerprint density at radius 1 is 1.53 bits per heavy atom. The molecule has 6 nitrogen and oxygen atoms in total. The SMILES string of the molecule is C=CC[C@@H](NC(=O)COC(C)=O)C(N)=O. The van der Waals surface area contributed by atoms with Gasteiger partial charge in [0.25, 0.3) is 5.91 Å². The predicted molar refractivity (Wildman–Crippen MR) is 52.6 cm³/mol. The summed E-state index contributed by atoms with van der Waals surface area (Å²) >= 11 is 0. The van der Waals surface area contributed by atoms with Crippen LogP contribution in [0.1, 0.15) is 13.3 Å². The summed E-state index contributed by atoms with van der Waals surface area (Å²) in [5, 5.41) is 2.31. The van der Waals surface area contributed by atoms with Gasteiger partial charge in [-0.1, -0.05) is 6.08 Å². The van der Waals surface area contributed by atoms with Crippen molar-refractivity contribution >= 4 is 17.8 Å². The Labute approximate surface area is 87.5 Å².